The Balaban J connectivity index is 1.47. The van der Waals surface area contributed by atoms with Gasteiger partial charge in [0.05, 0.1) is 32.9 Å². The number of carbonyl (C=O) groups excluding carboxylic acids is 1. The first-order valence-corrected chi connectivity index (χ1v) is 10.7. The van der Waals surface area contributed by atoms with E-state index in [1.165, 1.54) is 0 Å². The zero-order valence-corrected chi connectivity index (χ0v) is 19.2. The van der Waals surface area contributed by atoms with Crippen molar-refractivity contribution in [1.82, 2.24) is 19.6 Å². The van der Waals surface area contributed by atoms with Crippen molar-refractivity contribution >= 4 is 39.1 Å². The molecule has 6 nitrogen and oxygen atoms in total. The van der Waals surface area contributed by atoms with Crippen molar-refractivity contribution < 1.29 is 4.79 Å². The summed E-state index contributed by atoms with van der Waals surface area (Å²) in [6.45, 7) is 8.37. The Labute approximate surface area is 183 Å². The zero-order chi connectivity index (χ0) is 20.9. The van der Waals surface area contributed by atoms with E-state index in [0.29, 0.717) is 11.7 Å². The fourth-order valence-corrected chi connectivity index (χ4v) is 4.14. The van der Waals surface area contributed by atoms with Crippen molar-refractivity contribution in [2.45, 2.75) is 46.7 Å². The Hall–Kier alpha value is -2.12. The van der Waals surface area contributed by atoms with E-state index in [1.54, 1.807) is 0 Å². The third-order valence-corrected chi connectivity index (χ3v) is 7.02. The zero-order valence-electron chi connectivity index (χ0n) is 16.8. The van der Waals surface area contributed by atoms with Gasteiger partial charge < -0.3 is 5.32 Å². The number of carbonyl (C=O) groups is 1. The summed E-state index contributed by atoms with van der Waals surface area (Å²) in [6, 6.07) is 7.75. The summed E-state index contributed by atoms with van der Waals surface area (Å²) in [5.41, 5.74) is 5.67. The lowest BCUT2D eigenvalue weighted by molar-refractivity contribution is -0.117. The van der Waals surface area contributed by atoms with E-state index in [4.69, 9.17) is 11.6 Å². The summed E-state index contributed by atoms with van der Waals surface area (Å²) in [7, 11) is 0. The molecule has 2 atom stereocenters. The molecule has 1 fully saturated rings. The number of anilines is 1. The SMILES string of the molecule is Cc1nn(Cn2nc(C)c(NC(=O)C3CC3c3ccc(Cl)cc3)c2C)c(C)c1Br. The van der Waals surface area contributed by atoms with E-state index < -0.39 is 0 Å². The molecule has 1 aliphatic carbocycles. The molecule has 0 spiro atoms. The van der Waals surface area contributed by atoms with Crippen LogP contribution in [0.3, 0.4) is 0 Å². The van der Waals surface area contributed by atoms with Crippen LogP contribution in [0.25, 0.3) is 0 Å². The van der Waals surface area contributed by atoms with E-state index in [0.717, 1.165) is 44.9 Å². The number of hydrogen-bond acceptors (Lipinski definition) is 3. The summed E-state index contributed by atoms with van der Waals surface area (Å²) >= 11 is 9.52. The summed E-state index contributed by atoms with van der Waals surface area (Å²) in [5.74, 6) is 0.296. The van der Waals surface area contributed by atoms with Gasteiger partial charge in [0.2, 0.25) is 5.91 Å². The third kappa shape index (κ3) is 3.85. The molecule has 1 N–H and O–H groups in total. The van der Waals surface area contributed by atoms with Crippen LogP contribution < -0.4 is 5.32 Å². The molecule has 1 aromatic carbocycles. The van der Waals surface area contributed by atoms with Gasteiger partial charge in [-0.15, -0.1) is 0 Å². The summed E-state index contributed by atoms with van der Waals surface area (Å²) in [6.07, 6.45) is 0.861. The Bertz CT molecular complexity index is 1090. The van der Waals surface area contributed by atoms with Crippen LogP contribution in [0, 0.1) is 33.6 Å². The minimum Gasteiger partial charge on any atom is -0.323 e. The van der Waals surface area contributed by atoms with Crippen LogP contribution in [-0.2, 0) is 11.5 Å². The van der Waals surface area contributed by atoms with Gasteiger partial charge in [0.25, 0.3) is 0 Å². The molecule has 29 heavy (non-hydrogen) atoms. The molecule has 2 unspecified atom stereocenters. The largest absolute Gasteiger partial charge is 0.323 e. The van der Waals surface area contributed by atoms with Crippen LogP contribution in [0.5, 0.6) is 0 Å². The number of aromatic nitrogens is 4. The van der Waals surface area contributed by atoms with Gasteiger partial charge in [0.15, 0.2) is 0 Å². The third-order valence-electron chi connectivity index (χ3n) is 5.62. The molecular weight excluding hydrogens is 454 g/mol. The smallest absolute Gasteiger partial charge is 0.228 e. The molecule has 0 saturated heterocycles. The molecule has 0 bridgehead atoms. The predicted octanol–water partition coefficient (Wildman–Crippen LogP) is 4.98. The molecule has 1 saturated carbocycles. The summed E-state index contributed by atoms with van der Waals surface area (Å²) in [5, 5.41) is 13.0. The van der Waals surface area contributed by atoms with Crippen LogP contribution in [0.1, 0.15) is 40.7 Å². The maximum absolute atomic E-state index is 12.8. The minimum atomic E-state index is -0.00899. The Kier molecular flexibility index (Phi) is 5.29. The maximum Gasteiger partial charge on any atom is 0.228 e. The average Bonchev–Trinajstić information content (AvgIpc) is 3.40. The first-order chi connectivity index (χ1) is 13.8. The minimum absolute atomic E-state index is 0.00899. The number of halogens is 2. The molecule has 1 amide bonds. The van der Waals surface area contributed by atoms with E-state index in [9.17, 15) is 4.79 Å². The van der Waals surface area contributed by atoms with Gasteiger partial charge in [0.1, 0.15) is 6.67 Å². The van der Waals surface area contributed by atoms with Crippen molar-refractivity contribution in [1.29, 1.82) is 0 Å². The van der Waals surface area contributed by atoms with Crippen LogP contribution in [0.2, 0.25) is 5.02 Å². The number of hydrogen-bond donors (Lipinski definition) is 1. The lowest BCUT2D eigenvalue weighted by Crippen LogP contribution is -2.17. The van der Waals surface area contributed by atoms with Gasteiger partial charge in [0, 0.05) is 10.9 Å². The summed E-state index contributed by atoms with van der Waals surface area (Å²) in [4.78, 5) is 12.8. The molecule has 0 radical (unpaired) electrons. The van der Waals surface area contributed by atoms with Crippen LogP contribution in [0.4, 0.5) is 5.69 Å². The molecule has 2 aromatic heterocycles. The van der Waals surface area contributed by atoms with Crippen molar-refractivity contribution in [2.75, 3.05) is 5.32 Å². The van der Waals surface area contributed by atoms with Gasteiger partial charge in [-0.25, -0.2) is 9.36 Å². The Morgan fingerprint density at radius 1 is 1.10 bits per heavy atom. The quantitative estimate of drug-likeness (QED) is 0.565. The second-order valence-corrected chi connectivity index (χ2v) is 8.89. The van der Waals surface area contributed by atoms with Gasteiger partial charge in [-0.3, -0.25) is 4.79 Å². The molecule has 3 aromatic rings. The fraction of sp³-hybridized carbons (Fsp3) is 0.381. The highest BCUT2D eigenvalue weighted by Crippen LogP contribution is 2.48. The van der Waals surface area contributed by atoms with E-state index in [2.05, 4.69) is 31.4 Å². The summed E-state index contributed by atoms with van der Waals surface area (Å²) < 4.78 is 4.79. The van der Waals surface area contributed by atoms with Crippen LogP contribution >= 0.6 is 27.5 Å². The molecule has 8 heteroatoms. The second-order valence-electron chi connectivity index (χ2n) is 7.66. The Morgan fingerprint density at radius 2 is 1.72 bits per heavy atom. The van der Waals surface area contributed by atoms with Crippen LogP contribution in [-0.4, -0.2) is 25.5 Å². The van der Waals surface area contributed by atoms with Gasteiger partial charge in [-0.1, -0.05) is 23.7 Å². The van der Waals surface area contributed by atoms with Crippen LogP contribution in [0.15, 0.2) is 28.7 Å². The fourth-order valence-electron chi connectivity index (χ4n) is 3.73. The van der Waals surface area contributed by atoms with Crippen molar-refractivity contribution in [3.05, 3.63) is 62.1 Å². The topological polar surface area (TPSA) is 64.7 Å². The standard InChI is InChI=1S/C21H23BrClN5O/c1-11-19(22)13(3)27(25-11)10-28-14(4)20(12(2)26-28)24-21(29)18-9-17(18)15-5-7-16(23)8-6-15/h5-8,17-18H,9-10H2,1-4H3,(H,24,29). The van der Waals surface area contributed by atoms with E-state index in [1.807, 2.05) is 61.3 Å². The Morgan fingerprint density at radius 3 is 2.34 bits per heavy atom. The van der Waals surface area contributed by atoms with Gasteiger partial charge in [-0.2, -0.15) is 10.2 Å². The van der Waals surface area contributed by atoms with E-state index >= 15 is 0 Å². The second kappa shape index (κ2) is 7.61. The molecule has 152 valence electrons. The number of rotatable bonds is 5. The van der Waals surface area contributed by atoms with Crippen molar-refractivity contribution in [3.8, 4) is 0 Å². The number of aryl methyl sites for hydroxylation is 2. The lowest BCUT2D eigenvalue weighted by Gasteiger charge is -2.09. The maximum atomic E-state index is 12.8. The van der Waals surface area contributed by atoms with Crippen molar-refractivity contribution in [2.24, 2.45) is 5.92 Å². The molecule has 1 aliphatic rings. The molecule has 4 rings (SSSR count). The first-order valence-electron chi connectivity index (χ1n) is 9.56. The number of nitrogens with zero attached hydrogens (tertiary/aromatic N) is 4. The average molecular weight is 477 g/mol. The van der Waals surface area contributed by atoms with Crippen molar-refractivity contribution in [3.63, 3.8) is 0 Å². The van der Waals surface area contributed by atoms with Gasteiger partial charge >= 0.3 is 0 Å². The molecular formula is C21H23BrClN5O. The van der Waals surface area contributed by atoms with Gasteiger partial charge in [-0.05, 0) is 73.7 Å². The normalized spacial score (nSPS) is 18.1. The predicted molar refractivity (Wildman–Crippen MR) is 117 cm³/mol. The number of amides is 1. The monoisotopic (exact) mass is 475 g/mol. The highest BCUT2D eigenvalue weighted by molar-refractivity contribution is 9.10. The number of benzene rings is 1. The highest BCUT2D eigenvalue weighted by Gasteiger charge is 2.44. The van der Waals surface area contributed by atoms with E-state index in [-0.39, 0.29) is 17.7 Å². The molecule has 0 aliphatic heterocycles. The lowest BCUT2D eigenvalue weighted by atomic mass is 10.1. The highest BCUT2D eigenvalue weighted by atomic mass is 79.9. The first kappa shape index (κ1) is 20.2. The number of nitrogens with one attached hydrogen (secondary N) is 1. The molecule has 2 heterocycles.